The lowest BCUT2D eigenvalue weighted by molar-refractivity contribution is -0.121. The van der Waals surface area contributed by atoms with Gasteiger partial charge in [0, 0.05) is 13.0 Å². The molecule has 2 aromatic rings. The van der Waals surface area contributed by atoms with Crippen LogP contribution in [-0.2, 0) is 14.8 Å². The Balaban J connectivity index is 1.72. The first kappa shape index (κ1) is 20.8. The zero-order chi connectivity index (χ0) is 19.9. The van der Waals surface area contributed by atoms with Crippen molar-refractivity contribution in [1.82, 2.24) is 15.6 Å². The molecule has 0 heterocycles. The Morgan fingerprint density at radius 2 is 1.67 bits per heavy atom. The number of rotatable bonds is 7. The SMILES string of the molecule is O=C(CCCNS(=O)(=O)c1ccc(F)cc1)NNC(=O)c1ccccc1Cl. The second-order valence-electron chi connectivity index (χ2n) is 5.44. The molecule has 3 N–H and O–H groups in total. The molecule has 27 heavy (non-hydrogen) atoms. The van der Waals surface area contributed by atoms with Gasteiger partial charge in [0.1, 0.15) is 5.82 Å². The van der Waals surface area contributed by atoms with Crippen LogP contribution in [0.4, 0.5) is 4.39 Å². The fourth-order valence-electron chi connectivity index (χ4n) is 2.05. The first-order valence-corrected chi connectivity index (χ1v) is 9.74. The van der Waals surface area contributed by atoms with E-state index >= 15 is 0 Å². The Kier molecular flexibility index (Phi) is 7.28. The lowest BCUT2D eigenvalue weighted by atomic mass is 10.2. The fraction of sp³-hybridized carbons (Fsp3) is 0.176. The summed E-state index contributed by atoms with van der Waals surface area (Å²) >= 11 is 5.88. The molecule has 2 amide bonds. The number of halogens is 2. The molecule has 2 aromatic carbocycles. The van der Waals surface area contributed by atoms with Crippen LogP contribution < -0.4 is 15.6 Å². The smallest absolute Gasteiger partial charge is 0.271 e. The zero-order valence-corrected chi connectivity index (χ0v) is 15.6. The highest BCUT2D eigenvalue weighted by molar-refractivity contribution is 7.89. The molecule has 0 spiro atoms. The van der Waals surface area contributed by atoms with Crippen LogP contribution in [0.1, 0.15) is 23.2 Å². The first-order valence-electron chi connectivity index (χ1n) is 7.88. The summed E-state index contributed by atoms with van der Waals surface area (Å²) in [5.41, 5.74) is 4.67. The maximum absolute atomic E-state index is 12.8. The number of hydrogen-bond acceptors (Lipinski definition) is 4. The van der Waals surface area contributed by atoms with Gasteiger partial charge in [0.05, 0.1) is 15.5 Å². The first-order chi connectivity index (χ1) is 12.8. The fourth-order valence-corrected chi connectivity index (χ4v) is 3.35. The number of carbonyl (C=O) groups is 2. The van der Waals surface area contributed by atoms with E-state index < -0.39 is 27.7 Å². The summed E-state index contributed by atoms with van der Waals surface area (Å²) in [6.07, 6.45) is 0.183. The van der Waals surface area contributed by atoms with Crippen molar-refractivity contribution < 1.29 is 22.4 Å². The largest absolute Gasteiger partial charge is 0.273 e. The van der Waals surface area contributed by atoms with Crippen LogP contribution in [-0.4, -0.2) is 26.8 Å². The number of carbonyl (C=O) groups excluding carboxylic acids is 2. The van der Waals surface area contributed by atoms with Crippen molar-refractivity contribution in [3.8, 4) is 0 Å². The number of hydrogen-bond donors (Lipinski definition) is 3. The molecule has 0 aliphatic carbocycles. The van der Waals surface area contributed by atoms with Crippen LogP contribution >= 0.6 is 11.6 Å². The van der Waals surface area contributed by atoms with E-state index in [1.54, 1.807) is 18.2 Å². The van der Waals surface area contributed by atoms with Crippen molar-refractivity contribution in [2.24, 2.45) is 0 Å². The van der Waals surface area contributed by atoms with Gasteiger partial charge in [-0.3, -0.25) is 20.4 Å². The Labute approximate surface area is 160 Å². The highest BCUT2D eigenvalue weighted by atomic mass is 35.5. The second-order valence-corrected chi connectivity index (χ2v) is 7.61. The van der Waals surface area contributed by atoms with E-state index in [1.165, 1.54) is 6.07 Å². The molecule has 144 valence electrons. The van der Waals surface area contributed by atoms with E-state index in [1.807, 2.05) is 0 Å². The van der Waals surface area contributed by atoms with E-state index in [4.69, 9.17) is 11.6 Å². The lowest BCUT2D eigenvalue weighted by Crippen LogP contribution is -2.41. The summed E-state index contributed by atoms with van der Waals surface area (Å²) in [7, 11) is -3.77. The predicted octanol–water partition coefficient (Wildman–Crippen LogP) is 2.00. The van der Waals surface area contributed by atoms with E-state index in [0.717, 1.165) is 24.3 Å². The van der Waals surface area contributed by atoms with Gasteiger partial charge in [-0.05, 0) is 42.8 Å². The van der Waals surface area contributed by atoms with E-state index in [2.05, 4.69) is 15.6 Å². The third kappa shape index (κ3) is 6.31. The number of sulfonamides is 1. The molecule has 0 aromatic heterocycles. The Morgan fingerprint density at radius 3 is 2.33 bits per heavy atom. The van der Waals surface area contributed by atoms with Gasteiger partial charge < -0.3 is 0 Å². The predicted molar refractivity (Wildman–Crippen MR) is 97.9 cm³/mol. The average Bonchev–Trinajstić information content (AvgIpc) is 2.64. The molecule has 0 unspecified atom stereocenters. The summed E-state index contributed by atoms with van der Waals surface area (Å²) in [5, 5.41) is 0.249. The second kappa shape index (κ2) is 9.45. The number of benzene rings is 2. The van der Waals surface area contributed by atoms with Crippen LogP contribution in [0, 0.1) is 5.82 Å². The lowest BCUT2D eigenvalue weighted by Gasteiger charge is -2.09. The van der Waals surface area contributed by atoms with E-state index in [9.17, 15) is 22.4 Å². The van der Waals surface area contributed by atoms with Crippen molar-refractivity contribution in [3.63, 3.8) is 0 Å². The molecule has 0 fully saturated rings. The number of nitrogens with one attached hydrogen (secondary N) is 3. The number of hydrazine groups is 1. The van der Waals surface area contributed by atoms with Crippen LogP contribution in [0.3, 0.4) is 0 Å². The van der Waals surface area contributed by atoms with Crippen LogP contribution in [0.15, 0.2) is 53.4 Å². The molecule has 0 radical (unpaired) electrons. The Bertz CT molecular complexity index is 920. The normalized spacial score (nSPS) is 11.0. The van der Waals surface area contributed by atoms with Gasteiger partial charge in [0.15, 0.2) is 0 Å². The number of amides is 2. The van der Waals surface area contributed by atoms with Gasteiger partial charge in [0.25, 0.3) is 5.91 Å². The highest BCUT2D eigenvalue weighted by Crippen LogP contribution is 2.14. The summed E-state index contributed by atoms with van der Waals surface area (Å²) in [6.45, 7) is 0.00555. The topological polar surface area (TPSA) is 104 Å². The van der Waals surface area contributed by atoms with Crippen LogP contribution in [0.5, 0.6) is 0 Å². The van der Waals surface area contributed by atoms with Crippen LogP contribution in [0.25, 0.3) is 0 Å². The van der Waals surface area contributed by atoms with Gasteiger partial charge >= 0.3 is 0 Å². The zero-order valence-electron chi connectivity index (χ0n) is 14.0. The minimum absolute atomic E-state index is 0.00555. The molecule has 0 aliphatic heterocycles. The van der Waals surface area contributed by atoms with Crippen molar-refractivity contribution in [1.29, 1.82) is 0 Å². The maximum Gasteiger partial charge on any atom is 0.271 e. The standard InChI is InChI=1S/C17H17ClFN3O4S/c18-15-5-2-1-4-14(15)17(24)22-21-16(23)6-3-11-20-27(25,26)13-9-7-12(19)8-10-13/h1-2,4-5,7-10,20H,3,6,11H2,(H,21,23)(H,22,24). The average molecular weight is 414 g/mol. The van der Waals surface area contributed by atoms with E-state index in [0.29, 0.717) is 0 Å². The monoisotopic (exact) mass is 413 g/mol. The third-order valence-corrected chi connectivity index (χ3v) is 5.24. The molecule has 10 heteroatoms. The molecular formula is C17H17ClFN3O4S. The van der Waals surface area contributed by atoms with Crippen LogP contribution in [0.2, 0.25) is 5.02 Å². The van der Waals surface area contributed by atoms with Crippen molar-refractivity contribution in [2.75, 3.05) is 6.54 Å². The third-order valence-electron chi connectivity index (χ3n) is 3.43. The summed E-state index contributed by atoms with van der Waals surface area (Å²) < 4.78 is 39.1. The van der Waals surface area contributed by atoms with Gasteiger partial charge in [-0.1, -0.05) is 23.7 Å². The van der Waals surface area contributed by atoms with Gasteiger partial charge in [-0.2, -0.15) is 0 Å². The maximum atomic E-state index is 12.8. The van der Waals surface area contributed by atoms with Crippen molar-refractivity contribution in [3.05, 3.63) is 64.9 Å². The van der Waals surface area contributed by atoms with Gasteiger partial charge in [-0.25, -0.2) is 17.5 Å². The summed E-state index contributed by atoms with van der Waals surface area (Å²) in [5.74, 6) is -1.59. The van der Waals surface area contributed by atoms with E-state index in [-0.39, 0.29) is 34.9 Å². The highest BCUT2D eigenvalue weighted by Gasteiger charge is 2.14. The minimum Gasteiger partial charge on any atom is -0.273 e. The molecule has 2 rings (SSSR count). The molecule has 0 atom stereocenters. The quantitative estimate of drug-likeness (QED) is 0.477. The minimum atomic E-state index is -3.77. The van der Waals surface area contributed by atoms with Crippen molar-refractivity contribution in [2.45, 2.75) is 17.7 Å². The van der Waals surface area contributed by atoms with Gasteiger partial charge in [-0.15, -0.1) is 0 Å². The molecule has 7 nitrogen and oxygen atoms in total. The Morgan fingerprint density at radius 1 is 1.00 bits per heavy atom. The summed E-state index contributed by atoms with van der Waals surface area (Å²) in [6, 6.07) is 10.7. The Hall–Kier alpha value is -2.49. The van der Waals surface area contributed by atoms with Crippen molar-refractivity contribution >= 4 is 33.4 Å². The van der Waals surface area contributed by atoms with Gasteiger partial charge in [0.2, 0.25) is 15.9 Å². The summed E-state index contributed by atoms with van der Waals surface area (Å²) in [4.78, 5) is 23.5. The molecule has 0 saturated heterocycles. The molecular weight excluding hydrogens is 397 g/mol. The molecule has 0 saturated carbocycles. The molecule has 0 bridgehead atoms. The molecule has 0 aliphatic rings.